The van der Waals surface area contributed by atoms with Crippen LogP contribution in [0.5, 0.6) is 0 Å². The van der Waals surface area contributed by atoms with Gasteiger partial charge in [-0.3, -0.25) is 14.4 Å². The summed E-state index contributed by atoms with van der Waals surface area (Å²) in [4.78, 5) is 38.2. The highest BCUT2D eigenvalue weighted by molar-refractivity contribution is 5.71. The summed E-state index contributed by atoms with van der Waals surface area (Å²) in [6.07, 6.45) is 80.0. The van der Waals surface area contributed by atoms with Gasteiger partial charge in [-0.25, -0.2) is 0 Å². The lowest BCUT2D eigenvalue weighted by molar-refractivity contribution is -0.167. The molecule has 0 aromatic heterocycles. The van der Waals surface area contributed by atoms with Gasteiger partial charge in [-0.05, 0) is 77.0 Å². The third kappa shape index (κ3) is 62.1. The van der Waals surface area contributed by atoms with Gasteiger partial charge in [0.25, 0.3) is 0 Å². The van der Waals surface area contributed by atoms with E-state index in [0.717, 1.165) is 77.0 Å². The number of ether oxygens (including phenoxy) is 3. The number of allylic oxidation sites excluding steroid dienone is 8. The molecule has 0 aliphatic heterocycles. The first-order chi connectivity index (χ1) is 37.0. The zero-order valence-electron chi connectivity index (χ0n) is 50.3. The molecule has 1 unspecified atom stereocenters. The monoisotopic (exact) mass is 1050 g/mol. The zero-order valence-corrected chi connectivity index (χ0v) is 50.3. The number of esters is 3. The molecule has 0 aromatic rings. The fraction of sp³-hybridized carbons (Fsp3) is 0.841. The predicted octanol–water partition coefficient (Wildman–Crippen LogP) is 22.6. The molecule has 0 fully saturated rings. The molecule has 0 bridgehead atoms. The van der Waals surface area contributed by atoms with E-state index in [2.05, 4.69) is 69.4 Å². The Hall–Kier alpha value is -2.63. The Kier molecular flexibility index (Phi) is 61.7. The van der Waals surface area contributed by atoms with Crippen LogP contribution in [0.1, 0.15) is 355 Å². The minimum Gasteiger partial charge on any atom is -0.462 e. The highest BCUT2D eigenvalue weighted by Crippen LogP contribution is 2.18. The molecule has 6 heteroatoms. The maximum Gasteiger partial charge on any atom is 0.306 e. The zero-order chi connectivity index (χ0) is 54.3. The fourth-order valence-corrected chi connectivity index (χ4v) is 9.79. The van der Waals surface area contributed by atoms with Gasteiger partial charge in [-0.15, -0.1) is 0 Å². The number of rotatable bonds is 61. The molecule has 0 aromatic carbocycles. The van der Waals surface area contributed by atoms with Crippen molar-refractivity contribution in [1.82, 2.24) is 0 Å². The second kappa shape index (κ2) is 63.9. The quantitative estimate of drug-likeness (QED) is 0.0261. The van der Waals surface area contributed by atoms with Crippen LogP contribution in [0.25, 0.3) is 0 Å². The van der Waals surface area contributed by atoms with Crippen molar-refractivity contribution in [2.75, 3.05) is 13.2 Å². The normalized spacial score (nSPS) is 12.3. The average molecular weight is 1050 g/mol. The number of carbonyl (C=O) groups excluding carboxylic acids is 3. The molecule has 75 heavy (non-hydrogen) atoms. The Labute approximate surface area is 467 Å². The molecule has 438 valence electrons. The lowest BCUT2D eigenvalue weighted by Gasteiger charge is -2.18. The van der Waals surface area contributed by atoms with E-state index >= 15 is 0 Å². The van der Waals surface area contributed by atoms with Gasteiger partial charge >= 0.3 is 17.9 Å². The lowest BCUT2D eigenvalue weighted by Crippen LogP contribution is -2.30. The average Bonchev–Trinajstić information content (AvgIpc) is 3.41. The van der Waals surface area contributed by atoms with Gasteiger partial charge in [0.05, 0.1) is 0 Å². The van der Waals surface area contributed by atoms with Gasteiger partial charge in [0.1, 0.15) is 13.2 Å². The Balaban J connectivity index is 4.04. The summed E-state index contributed by atoms with van der Waals surface area (Å²) in [5, 5.41) is 0. The minimum absolute atomic E-state index is 0.0705. The van der Waals surface area contributed by atoms with Crippen LogP contribution < -0.4 is 0 Å². The molecular formula is C69H126O6. The fourth-order valence-electron chi connectivity index (χ4n) is 9.79. The molecule has 0 heterocycles. The minimum atomic E-state index is -0.771. The molecule has 6 nitrogen and oxygen atoms in total. The van der Waals surface area contributed by atoms with Crippen LogP contribution in [-0.2, 0) is 28.6 Å². The molecule has 0 aliphatic rings. The molecule has 0 N–H and O–H groups in total. The lowest BCUT2D eigenvalue weighted by atomic mass is 10.0. The third-order valence-electron chi connectivity index (χ3n) is 14.8. The maximum absolute atomic E-state index is 12.8. The Morgan fingerprint density at radius 2 is 0.493 bits per heavy atom. The molecule has 0 spiro atoms. The summed E-state index contributed by atoms with van der Waals surface area (Å²) in [6, 6.07) is 0. The summed E-state index contributed by atoms with van der Waals surface area (Å²) < 4.78 is 16.9. The van der Waals surface area contributed by atoms with Crippen LogP contribution in [0.3, 0.4) is 0 Å². The number of carbonyl (C=O) groups is 3. The Morgan fingerprint density at radius 1 is 0.267 bits per heavy atom. The topological polar surface area (TPSA) is 78.9 Å². The predicted molar refractivity (Wildman–Crippen MR) is 325 cm³/mol. The van der Waals surface area contributed by atoms with Gasteiger partial charge in [0.15, 0.2) is 6.10 Å². The Bertz CT molecular complexity index is 1300. The molecule has 0 rings (SSSR count). The Morgan fingerprint density at radius 3 is 0.800 bits per heavy atom. The summed E-state index contributed by atoms with van der Waals surface area (Å²) in [5.74, 6) is -0.861. The molecule has 0 radical (unpaired) electrons. The van der Waals surface area contributed by atoms with Gasteiger partial charge in [0, 0.05) is 19.3 Å². The molecule has 0 amide bonds. The van der Waals surface area contributed by atoms with Crippen molar-refractivity contribution in [3.05, 3.63) is 48.6 Å². The van der Waals surface area contributed by atoms with Crippen LogP contribution in [0.4, 0.5) is 0 Å². The van der Waals surface area contributed by atoms with Gasteiger partial charge < -0.3 is 14.2 Å². The summed E-state index contributed by atoms with van der Waals surface area (Å²) >= 11 is 0. The van der Waals surface area contributed by atoms with E-state index in [4.69, 9.17) is 14.2 Å². The molecule has 0 aliphatic carbocycles. The summed E-state index contributed by atoms with van der Waals surface area (Å²) in [6.45, 7) is 6.62. The van der Waals surface area contributed by atoms with E-state index in [9.17, 15) is 14.4 Å². The van der Waals surface area contributed by atoms with Crippen LogP contribution in [0, 0.1) is 0 Å². The molecular weight excluding hydrogens is 925 g/mol. The summed E-state index contributed by atoms with van der Waals surface area (Å²) in [5.41, 5.74) is 0. The largest absolute Gasteiger partial charge is 0.462 e. The van der Waals surface area contributed by atoms with Crippen LogP contribution in [0.15, 0.2) is 48.6 Å². The first kappa shape index (κ1) is 72.4. The van der Waals surface area contributed by atoms with E-state index in [1.54, 1.807) is 0 Å². The number of hydrogen-bond donors (Lipinski definition) is 0. The van der Waals surface area contributed by atoms with Crippen molar-refractivity contribution >= 4 is 17.9 Å². The van der Waals surface area contributed by atoms with Gasteiger partial charge in [-0.1, -0.05) is 307 Å². The maximum atomic E-state index is 12.8. The van der Waals surface area contributed by atoms with Crippen LogP contribution in [0.2, 0.25) is 0 Å². The SMILES string of the molecule is CCCC/C=C\CCCCCCCC(=O)OCC(COC(=O)CCCCCCCCCCCCCCCCCCCC/C=C\C/C=C\C/C=C\CCCCCCC)OC(=O)CCCCCCCCCCCCCCC. The standard InChI is InChI=1S/C69H126O6/c1-4-7-10-13-16-19-22-24-25-26-27-28-29-30-31-32-33-34-35-36-37-38-39-40-41-42-43-45-47-50-53-56-59-62-68(71)74-65-66(64-73-67(70)61-58-55-52-49-46-21-18-15-12-9-6-3)75-69(72)63-60-57-54-51-48-44-23-20-17-14-11-8-5-2/h15,18,22,24,26-27,29-30,66H,4-14,16-17,19-21,23,25,28,31-65H2,1-3H3/b18-15-,24-22-,27-26-,30-29-. The smallest absolute Gasteiger partial charge is 0.306 e. The third-order valence-corrected chi connectivity index (χ3v) is 14.8. The van der Waals surface area contributed by atoms with Crippen molar-refractivity contribution in [3.63, 3.8) is 0 Å². The van der Waals surface area contributed by atoms with E-state index in [-0.39, 0.29) is 31.1 Å². The molecule has 1 atom stereocenters. The van der Waals surface area contributed by atoms with E-state index in [1.165, 1.54) is 238 Å². The number of hydrogen-bond acceptors (Lipinski definition) is 6. The molecule has 0 saturated carbocycles. The van der Waals surface area contributed by atoms with Crippen molar-refractivity contribution in [1.29, 1.82) is 0 Å². The van der Waals surface area contributed by atoms with Gasteiger partial charge in [-0.2, -0.15) is 0 Å². The second-order valence-corrected chi connectivity index (χ2v) is 22.4. The van der Waals surface area contributed by atoms with Crippen LogP contribution in [-0.4, -0.2) is 37.2 Å². The van der Waals surface area contributed by atoms with Crippen molar-refractivity contribution in [2.45, 2.75) is 361 Å². The van der Waals surface area contributed by atoms with Crippen LogP contribution >= 0.6 is 0 Å². The first-order valence-electron chi connectivity index (χ1n) is 33.1. The van der Waals surface area contributed by atoms with Crippen molar-refractivity contribution < 1.29 is 28.6 Å². The molecule has 0 saturated heterocycles. The second-order valence-electron chi connectivity index (χ2n) is 22.4. The number of unbranched alkanes of at least 4 members (excludes halogenated alkanes) is 42. The highest BCUT2D eigenvalue weighted by atomic mass is 16.6. The summed E-state index contributed by atoms with van der Waals surface area (Å²) in [7, 11) is 0. The van der Waals surface area contributed by atoms with E-state index in [0.29, 0.717) is 19.3 Å². The van der Waals surface area contributed by atoms with E-state index in [1.807, 2.05) is 0 Å². The van der Waals surface area contributed by atoms with Crippen molar-refractivity contribution in [2.24, 2.45) is 0 Å². The van der Waals surface area contributed by atoms with Crippen molar-refractivity contribution in [3.8, 4) is 0 Å². The highest BCUT2D eigenvalue weighted by Gasteiger charge is 2.19. The first-order valence-corrected chi connectivity index (χ1v) is 33.1. The van der Waals surface area contributed by atoms with E-state index < -0.39 is 6.10 Å². The van der Waals surface area contributed by atoms with Gasteiger partial charge in [0.2, 0.25) is 0 Å².